The molecule has 0 radical (unpaired) electrons. The van der Waals surface area contributed by atoms with Crippen molar-refractivity contribution in [3.8, 4) is 22.3 Å². The van der Waals surface area contributed by atoms with Gasteiger partial charge in [0.15, 0.2) is 0 Å². The number of rotatable bonds is 8. The average Bonchev–Trinajstić information content (AvgIpc) is 3.68. The Labute approximate surface area is 358 Å². The molecule has 1 nitrogen and oxygen atoms in total. The van der Waals surface area contributed by atoms with Gasteiger partial charge in [-0.3, -0.25) is 0 Å². The third-order valence-electron chi connectivity index (χ3n) is 13.3. The fraction of sp³-hybridized carbons (Fsp3) is 0.440. The fourth-order valence-electron chi connectivity index (χ4n) is 10.6. The van der Waals surface area contributed by atoms with E-state index in [0.717, 1.165) is 4.95 Å². The molecule has 2 aliphatic carbocycles. The van der Waals surface area contributed by atoms with Crippen LogP contribution in [0.15, 0.2) is 71.8 Å². The predicted octanol–water partition coefficient (Wildman–Crippen LogP) is 15.8. The van der Waals surface area contributed by atoms with E-state index in [1.807, 2.05) is 0 Å². The zero-order valence-corrected chi connectivity index (χ0v) is 44.5. The first-order chi connectivity index (χ1) is 26.0. The summed E-state index contributed by atoms with van der Waals surface area (Å²) in [5.74, 6) is 0. The van der Waals surface area contributed by atoms with E-state index in [4.69, 9.17) is 0 Å². The van der Waals surface area contributed by atoms with Gasteiger partial charge in [0, 0.05) is 0 Å². The van der Waals surface area contributed by atoms with Gasteiger partial charge in [-0.25, -0.2) is 0 Å². The van der Waals surface area contributed by atoms with Gasteiger partial charge in [-0.15, -0.1) is 0 Å². The van der Waals surface area contributed by atoms with Crippen molar-refractivity contribution in [1.82, 2.24) is 4.14 Å². The van der Waals surface area contributed by atoms with E-state index in [9.17, 15) is 17.0 Å². The SMILES string of the molecule is Cc1cc(C)c(C)c(-c2cccc3c2C=C(C(C)(C)C)[CH]3[Zr]([Cl])([Cl])([BH]N([Si](C)(C)C)[Si](C)(C)C)[CH]2C(C(C)(C)C)=Cc3c(-c4cc(C)cc(C)c4C)cccc32)c1. The molecular formula is C50H69BCl2NSi2Zr. The molecular weight excluding hydrogens is 844 g/mol. The van der Waals surface area contributed by atoms with Crippen molar-refractivity contribution in [3.05, 3.63) is 127 Å². The number of aryl methyl sites for hydroxylation is 4. The second-order valence-electron chi connectivity index (χ2n) is 22.0. The van der Waals surface area contributed by atoms with Crippen LogP contribution in [0.2, 0.25) is 39.3 Å². The quantitative estimate of drug-likeness (QED) is 0.159. The van der Waals surface area contributed by atoms with Crippen LogP contribution in [0.3, 0.4) is 0 Å². The summed E-state index contributed by atoms with van der Waals surface area (Å²) in [6.07, 6.45) is 5.09. The van der Waals surface area contributed by atoms with Crippen LogP contribution >= 0.6 is 17.0 Å². The topological polar surface area (TPSA) is 3.24 Å². The van der Waals surface area contributed by atoms with Crippen LogP contribution in [-0.2, 0) is 16.2 Å². The summed E-state index contributed by atoms with van der Waals surface area (Å²) in [7, 11) is 14.8. The zero-order chi connectivity index (χ0) is 42.6. The summed E-state index contributed by atoms with van der Waals surface area (Å²) in [4.78, 5) is 0.782. The molecule has 0 saturated carbocycles. The first-order valence-corrected chi connectivity index (χ1v) is 39.0. The van der Waals surface area contributed by atoms with E-state index in [1.165, 1.54) is 89.0 Å². The zero-order valence-electron chi connectivity index (χ0n) is 38.5. The molecule has 2 unspecified atom stereocenters. The Balaban J connectivity index is 1.77. The number of hydrogen-bond donors (Lipinski definition) is 0. The number of hydrogen-bond acceptors (Lipinski definition) is 1. The summed E-state index contributed by atoms with van der Waals surface area (Å²) >= 11 is -5.48. The van der Waals surface area contributed by atoms with Gasteiger partial charge in [-0.05, 0) is 0 Å². The minimum absolute atomic E-state index is 0.0700. The number of allylic oxidation sites excluding steroid dienone is 2. The van der Waals surface area contributed by atoms with Crippen LogP contribution in [0.4, 0.5) is 0 Å². The molecule has 0 bridgehead atoms. The number of benzene rings is 4. The maximum atomic E-state index is 9.33. The summed E-state index contributed by atoms with van der Waals surface area (Å²) < 4.78 is 2.80. The van der Waals surface area contributed by atoms with Gasteiger partial charge in [-0.2, -0.15) is 0 Å². The molecule has 0 spiro atoms. The van der Waals surface area contributed by atoms with Gasteiger partial charge in [-0.1, -0.05) is 0 Å². The van der Waals surface area contributed by atoms with Crippen molar-refractivity contribution in [2.45, 2.75) is 130 Å². The van der Waals surface area contributed by atoms with Crippen LogP contribution in [0, 0.1) is 52.4 Å². The first kappa shape index (κ1) is 44.8. The average molecular weight is 913 g/mol. The maximum absolute atomic E-state index is 9.33. The Morgan fingerprint density at radius 1 is 0.544 bits per heavy atom. The molecule has 0 aromatic heterocycles. The Morgan fingerprint density at radius 3 is 1.21 bits per heavy atom. The molecule has 2 aliphatic rings. The monoisotopic (exact) mass is 910 g/mol. The Hall–Kier alpha value is -1.72. The van der Waals surface area contributed by atoms with Crippen LogP contribution in [0.25, 0.3) is 34.4 Å². The van der Waals surface area contributed by atoms with Crippen LogP contribution in [0.5, 0.6) is 0 Å². The molecule has 7 heteroatoms. The second kappa shape index (κ2) is 14.7. The Bertz CT molecular complexity index is 2190. The molecule has 0 amide bonds. The molecule has 303 valence electrons. The standard InChI is InChI=1S/2C22H25.C6H19BNSi2.2ClH.Zr/c2*1-14-10-15(2)16(3)20(11-14)19-9-7-8-17-12-18(13-21(17)19)22(4,5)6;1-9(2,3)8(7)10(4,5)6;;;/h2*7-13H,1-6H3;7H,1-6H3;2*1H;/q;;+1;;;+1/p-2. The first-order valence-electron chi connectivity index (χ1n) is 21.2. The summed E-state index contributed by atoms with van der Waals surface area (Å²) in [5.41, 5.74) is 20.9. The van der Waals surface area contributed by atoms with Gasteiger partial charge >= 0.3 is 361 Å². The van der Waals surface area contributed by atoms with Crippen molar-refractivity contribution < 1.29 is 16.2 Å². The number of nitrogens with zero attached hydrogens (tertiary/aromatic N) is 1. The van der Waals surface area contributed by atoms with E-state index in [1.54, 1.807) is 0 Å². The van der Waals surface area contributed by atoms with Gasteiger partial charge in [0.05, 0.1) is 0 Å². The Morgan fingerprint density at radius 2 is 0.895 bits per heavy atom. The normalized spacial score (nSPS) is 18.2. The third kappa shape index (κ3) is 7.99. The minimum atomic E-state index is -5.48. The van der Waals surface area contributed by atoms with E-state index in [-0.39, 0.29) is 18.1 Å². The van der Waals surface area contributed by atoms with Crippen LogP contribution in [-0.4, -0.2) is 25.6 Å². The van der Waals surface area contributed by atoms with Gasteiger partial charge in [0.25, 0.3) is 0 Å². The molecule has 0 saturated heterocycles. The molecule has 2 atom stereocenters. The van der Waals surface area contributed by atoms with Gasteiger partial charge < -0.3 is 0 Å². The van der Waals surface area contributed by atoms with Crippen molar-refractivity contribution in [1.29, 1.82) is 0 Å². The molecule has 0 N–H and O–H groups in total. The van der Waals surface area contributed by atoms with Crippen molar-refractivity contribution in [2.24, 2.45) is 10.8 Å². The number of fused-ring (bicyclic) bond motifs is 2. The fourth-order valence-corrected chi connectivity index (χ4v) is 53.2. The van der Waals surface area contributed by atoms with Gasteiger partial charge in [0.1, 0.15) is 0 Å². The Kier molecular flexibility index (Phi) is 11.6. The molecule has 4 aromatic carbocycles. The van der Waals surface area contributed by atoms with E-state index in [0.29, 0.717) is 0 Å². The third-order valence-corrected chi connectivity index (χ3v) is 40.1. The van der Waals surface area contributed by atoms with E-state index >= 15 is 0 Å². The molecule has 0 heterocycles. The molecule has 0 fully saturated rings. The predicted molar refractivity (Wildman–Crippen MR) is 260 cm³/mol. The number of halogens is 2. The van der Waals surface area contributed by atoms with Crippen molar-refractivity contribution in [3.63, 3.8) is 0 Å². The van der Waals surface area contributed by atoms with Crippen LogP contribution in [0.1, 0.15) is 104 Å². The van der Waals surface area contributed by atoms with E-state index in [2.05, 4.69) is 199 Å². The van der Waals surface area contributed by atoms with Crippen LogP contribution < -0.4 is 0 Å². The van der Waals surface area contributed by atoms with Crippen molar-refractivity contribution >= 4 is 50.6 Å². The molecule has 4 aromatic rings. The molecule has 57 heavy (non-hydrogen) atoms. The summed E-state index contributed by atoms with van der Waals surface area (Å²) in [6.45, 7) is 42.9. The summed E-state index contributed by atoms with van der Waals surface area (Å²) in [5, 5.41) is 0. The van der Waals surface area contributed by atoms with Gasteiger partial charge in [0.2, 0.25) is 0 Å². The summed E-state index contributed by atoms with van der Waals surface area (Å²) in [6, 6.07) is 23.4. The molecule has 6 rings (SSSR count). The van der Waals surface area contributed by atoms with Crippen molar-refractivity contribution in [2.75, 3.05) is 0 Å². The molecule has 0 aliphatic heterocycles. The second-order valence-corrected chi connectivity index (χ2v) is 54.1. The van der Waals surface area contributed by atoms with E-state index < -0.39 is 32.6 Å².